The molecule has 3 rings (SSSR count). The van der Waals surface area contributed by atoms with Gasteiger partial charge in [0.2, 0.25) is 5.91 Å². The second-order valence-corrected chi connectivity index (χ2v) is 6.80. The van der Waals surface area contributed by atoms with Gasteiger partial charge in [-0.3, -0.25) is 9.36 Å². The topological polar surface area (TPSA) is 59.8 Å². The van der Waals surface area contributed by atoms with Crippen LogP contribution in [0.3, 0.4) is 0 Å². The molecular formula is C13H14N4OS2. The Bertz CT molecular complexity index is 582. The minimum absolute atomic E-state index is 0.0484. The molecule has 0 spiro atoms. The molecule has 1 fully saturated rings. The fourth-order valence-corrected chi connectivity index (χ4v) is 4.50. The number of hydrogen-bond acceptors (Lipinski definition) is 5. The molecular weight excluding hydrogens is 292 g/mol. The molecule has 1 aliphatic rings. The first-order chi connectivity index (χ1) is 9.83. The first-order valence-electron chi connectivity index (χ1n) is 6.28. The molecule has 0 aliphatic carbocycles. The van der Waals surface area contributed by atoms with Crippen molar-refractivity contribution in [1.82, 2.24) is 14.8 Å². The van der Waals surface area contributed by atoms with Crippen molar-refractivity contribution >= 4 is 35.1 Å². The van der Waals surface area contributed by atoms with Gasteiger partial charge in [-0.25, -0.2) is 0 Å². The highest BCUT2D eigenvalue weighted by atomic mass is 32.2. The van der Waals surface area contributed by atoms with Crippen molar-refractivity contribution in [2.45, 2.75) is 5.25 Å². The minimum Gasteiger partial charge on any atom is -0.325 e. The summed E-state index contributed by atoms with van der Waals surface area (Å²) in [4.78, 5) is 12.2. The number of carbonyl (C=O) groups excluding carboxylic acids is 1. The fraction of sp³-hybridized carbons (Fsp3) is 0.308. The van der Waals surface area contributed by atoms with Crippen LogP contribution in [0.2, 0.25) is 0 Å². The molecule has 0 bridgehead atoms. The molecule has 1 aliphatic heterocycles. The standard InChI is InChI=1S/C13H14N4OS2/c18-13(12-7-19-4-5-20-12)16-10-2-1-3-11(6-10)17-8-14-15-9-17/h1-3,6,8-9,12H,4-5,7H2,(H,16,18). The predicted molar refractivity (Wildman–Crippen MR) is 83.6 cm³/mol. The first-order valence-corrected chi connectivity index (χ1v) is 8.48. The van der Waals surface area contributed by atoms with Crippen molar-refractivity contribution < 1.29 is 4.79 Å². The molecule has 1 aromatic heterocycles. The van der Waals surface area contributed by atoms with E-state index in [1.54, 1.807) is 29.0 Å². The third-order valence-electron chi connectivity index (χ3n) is 2.94. The average molecular weight is 306 g/mol. The van der Waals surface area contributed by atoms with Crippen LogP contribution >= 0.6 is 23.5 Å². The highest BCUT2D eigenvalue weighted by Crippen LogP contribution is 2.25. The molecule has 7 heteroatoms. The van der Waals surface area contributed by atoms with Gasteiger partial charge >= 0.3 is 0 Å². The van der Waals surface area contributed by atoms with Gasteiger partial charge < -0.3 is 5.32 Å². The molecule has 0 radical (unpaired) electrons. The van der Waals surface area contributed by atoms with Gasteiger partial charge in [-0.1, -0.05) is 6.07 Å². The molecule has 104 valence electrons. The molecule has 1 unspecified atom stereocenters. The second kappa shape index (κ2) is 6.32. The Labute approximate surface area is 125 Å². The predicted octanol–water partition coefficient (Wildman–Crippen LogP) is 2.05. The molecule has 1 atom stereocenters. The number of benzene rings is 1. The molecule has 5 nitrogen and oxygen atoms in total. The fourth-order valence-electron chi connectivity index (χ4n) is 1.94. The number of nitrogens with zero attached hydrogens (tertiary/aromatic N) is 3. The second-order valence-electron chi connectivity index (χ2n) is 4.34. The third kappa shape index (κ3) is 3.16. The summed E-state index contributed by atoms with van der Waals surface area (Å²) < 4.78 is 1.81. The van der Waals surface area contributed by atoms with Crippen LogP contribution in [0.5, 0.6) is 0 Å². The number of nitrogens with one attached hydrogen (secondary N) is 1. The SMILES string of the molecule is O=C(Nc1cccc(-n2cnnc2)c1)C1CSCCS1. The number of anilines is 1. The normalized spacial score (nSPS) is 18.7. The lowest BCUT2D eigenvalue weighted by molar-refractivity contribution is -0.115. The van der Waals surface area contributed by atoms with Crippen LogP contribution in [0.1, 0.15) is 0 Å². The Morgan fingerprint density at radius 3 is 2.90 bits per heavy atom. The van der Waals surface area contributed by atoms with E-state index in [0.717, 1.165) is 28.6 Å². The lowest BCUT2D eigenvalue weighted by Crippen LogP contribution is -2.30. The van der Waals surface area contributed by atoms with Crippen molar-refractivity contribution in [3.8, 4) is 5.69 Å². The van der Waals surface area contributed by atoms with E-state index in [1.807, 2.05) is 36.0 Å². The van der Waals surface area contributed by atoms with Crippen molar-refractivity contribution in [1.29, 1.82) is 0 Å². The van der Waals surface area contributed by atoms with Crippen molar-refractivity contribution in [3.63, 3.8) is 0 Å². The summed E-state index contributed by atoms with van der Waals surface area (Å²) in [5, 5.41) is 10.6. The molecule has 2 aromatic rings. The van der Waals surface area contributed by atoms with E-state index < -0.39 is 0 Å². The van der Waals surface area contributed by atoms with Crippen LogP contribution in [-0.2, 0) is 4.79 Å². The molecule has 1 aromatic carbocycles. The molecule has 1 amide bonds. The number of thioether (sulfide) groups is 2. The largest absolute Gasteiger partial charge is 0.325 e. The maximum absolute atomic E-state index is 12.2. The quantitative estimate of drug-likeness (QED) is 0.940. The summed E-state index contributed by atoms with van der Waals surface area (Å²) in [6.07, 6.45) is 3.27. The third-order valence-corrected chi connectivity index (χ3v) is 5.69. The number of carbonyl (C=O) groups is 1. The van der Waals surface area contributed by atoms with Crippen LogP contribution in [0.4, 0.5) is 5.69 Å². The van der Waals surface area contributed by atoms with E-state index in [4.69, 9.17) is 0 Å². The van der Waals surface area contributed by atoms with Crippen LogP contribution in [-0.4, -0.2) is 43.2 Å². The van der Waals surface area contributed by atoms with Crippen LogP contribution in [0.25, 0.3) is 5.69 Å². The number of amides is 1. The van der Waals surface area contributed by atoms with Gasteiger partial charge in [-0.15, -0.1) is 22.0 Å². The summed E-state index contributed by atoms with van der Waals surface area (Å²) in [5.41, 5.74) is 1.73. The molecule has 20 heavy (non-hydrogen) atoms. The van der Waals surface area contributed by atoms with Crippen LogP contribution < -0.4 is 5.32 Å². The Kier molecular flexibility index (Phi) is 4.27. The zero-order chi connectivity index (χ0) is 13.8. The number of hydrogen-bond donors (Lipinski definition) is 1. The zero-order valence-electron chi connectivity index (χ0n) is 10.7. The van der Waals surface area contributed by atoms with Crippen LogP contribution in [0.15, 0.2) is 36.9 Å². The minimum atomic E-state index is 0.0484. The van der Waals surface area contributed by atoms with Gasteiger partial charge in [-0.2, -0.15) is 11.8 Å². The molecule has 0 saturated carbocycles. The maximum atomic E-state index is 12.2. The summed E-state index contributed by atoms with van der Waals surface area (Å²) in [5.74, 6) is 3.16. The highest BCUT2D eigenvalue weighted by Gasteiger charge is 2.22. The van der Waals surface area contributed by atoms with Crippen molar-refractivity contribution in [2.75, 3.05) is 22.6 Å². The maximum Gasteiger partial charge on any atom is 0.238 e. The Hall–Kier alpha value is -1.47. The molecule has 2 heterocycles. The molecule has 1 saturated heterocycles. The zero-order valence-corrected chi connectivity index (χ0v) is 12.4. The van der Waals surface area contributed by atoms with E-state index in [1.165, 1.54) is 0 Å². The Morgan fingerprint density at radius 1 is 1.30 bits per heavy atom. The monoisotopic (exact) mass is 306 g/mol. The first kappa shape index (κ1) is 13.5. The summed E-state index contributed by atoms with van der Waals surface area (Å²) in [6, 6.07) is 7.67. The smallest absolute Gasteiger partial charge is 0.238 e. The van der Waals surface area contributed by atoms with Gasteiger partial charge in [0.1, 0.15) is 12.7 Å². The van der Waals surface area contributed by atoms with Gasteiger partial charge in [0, 0.05) is 22.9 Å². The van der Waals surface area contributed by atoms with Crippen LogP contribution in [0, 0.1) is 0 Å². The van der Waals surface area contributed by atoms with Gasteiger partial charge in [0.25, 0.3) is 0 Å². The summed E-state index contributed by atoms with van der Waals surface area (Å²) >= 11 is 3.58. The van der Waals surface area contributed by atoms with Gasteiger partial charge in [0.15, 0.2) is 0 Å². The lowest BCUT2D eigenvalue weighted by Gasteiger charge is -2.20. The van der Waals surface area contributed by atoms with Crippen molar-refractivity contribution in [2.24, 2.45) is 0 Å². The Morgan fingerprint density at radius 2 is 2.15 bits per heavy atom. The molecule has 1 N–H and O–H groups in total. The van der Waals surface area contributed by atoms with E-state index in [9.17, 15) is 4.79 Å². The summed E-state index contributed by atoms with van der Waals surface area (Å²) in [7, 11) is 0. The van der Waals surface area contributed by atoms with E-state index >= 15 is 0 Å². The van der Waals surface area contributed by atoms with E-state index in [2.05, 4.69) is 15.5 Å². The van der Waals surface area contributed by atoms with E-state index in [-0.39, 0.29) is 11.2 Å². The van der Waals surface area contributed by atoms with Gasteiger partial charge in [-0.05, 0) is 18.2 Å². The lowest BCUT2D eigenvalue weighted by atomic mass is 10.2. The van der Waals surface area contributed by atoms with Gasteiger partial charge in [0.05, 0.1) is 10.9 Å². The highest BCUT2D eigenvalue weighted by molar-refractivity contribution is 8.07. The summed E-state index contributed by atoms with van der Waals surface area (Å²) in [6.45, 7) is 0. The van der Waals surface area contributed by atoms with Crippen molar-refractivity contribution in [3.05, 3.63) is 36.9 Å². The average Bonchev–Trinajstić information content (AvgIpc) is 3.03. The Balaban J connectivity index is 1.71. The number of aromatic nitrogens is 3. The van der Waals surface area contributed by atoms with E-state index in [0.29, 0.717) is 0 Å². The number of rotatable bonds is 3.